The van der Waals surface area contributed by atoms with E-state index >= 15 is 0 Å². The molecule has 0 saturated carbocycles. The van der Waals surface area contributed by atoms with Crippen LogP contribution in [0.5, 0.6) is 0 Å². The van der Waals surface area contributed by atoms with Gasteiger partial charge in [0, 0.05) is 12.2 Å². The maximum atomic E-state index is 11.8. The maximum Gasteiger partial charge on any atom is 0.268 e. The molecule has 0 unspecified atom stereocenters. The van der Waals surface area contributed by atoms with Gasteiger partial charge >= 0.3 is 0 Å². The zero-order valence-corrected chi connectivity index (χ0v) is 9.03. The Kier molecular flexibility index (Phi) is 3.46. The van der Waals surface area contributed by atoms with Gasteiger partial charge in [-0.25, -0.2) is 0 Å². The highest BCUT2D eigenvalue weighted by atomic mass is 16.1. The van der Waals surface area contributed by atoms with Crippen molar-refractivity contribution in [3.63, 3.8) is 0 Å². The molecule has 1 aromatic heterocycles. The highest BCUT2D eigenvalue weighted by molar-refractivity contribution is 5.28. The van der Waals surface area contributed by atoms with Crippen molar-refractivity contribution in [3.8, 4) is 6.07 Å². The molecular formula is C12H14N2O. The van der Waals surface area contributed by atoms with E-state index in [1.165, 1.54) is 0 Å². The molecule has 15 heavy (non-hydrogen) atoms. The van der Waals surface area contributed by atoms with Crippen molar-refractivity contribution in [1.82, 2.24) is 4.57 Å². The van der Waals surface area contributed by atoms with Gasteiger partial charge in [0.1, 0.15) is 11.6 Å². The number of hydrogen-bond donors (Lipinski definition) is 0. The van der Waals surface area contributed by atoms with Crippen LogP contribution in [-0.4, -0.2) is 4.57 Å². The van der Waals surface area contributed by atoms with Crippen LogP contribution in [0.25, 0.3) is 0 Å². The number of pyridine rings is 1. The van der Waals surface area contributed by atoms with Gasteiger partial charge in [0.15, 0.2) is 0 Å². The van der Waals surface area contributed by atoms with Crippen molar-refractivity contribution in [3.05, 3.63) is 46.4 Å². The van der Waals surface area contributed by atoms with Gasteiger partial charge in [0.2, 0.25) is 0 Å². The average molecular weight is 202 g/mol. The number of aromatic nitrogens is 1. The summed E-state index contributed by atoms with van der Waals surface area (Å²) in [6.45, 7) is 8.09. The van der Waals surface area contributed by atoms with Crippen LogP contribution in [0.15, 0.2) is 29.6 Å². The van der Waals surface area contributed by atoms with E-state index in [1.807, 2.05) is 26.0 Å². The molecule has 78 valence electrons. The Balaban J connectivity index is 3.45. The minimum Gasteiger partial charge on any atom is -0.307 e. The van der Waals surface area contributed by atoms with Gasteiger partial charge in [-0.15, -0.1) is 6.58 Å². The van der Waals surface area contributed by atoms with Crippen LogP contribution < -0.4 is 5.56 Å². The first-order valence-electron chi connectivity index (χ1n) is 4.86. The summed E-state index contributed by atoms with van der Waals surface area (Å²) in [5.74, 6) is 0.255. The van der Waals surface area contributed by atoms with Crippen molar-refractivity contribution >= 4 is 0 Å². The molecule has 0 amide bonds. The molecule has 0 saturated heterocycles. The summed E-state index contributed by atoms with van der Waals surface area (Å²) in [6, 6.07) is 5.30. The van der Waals surface area contributed by atoms with Gasteiger partial charge in [0.05, 0.1) is 0 Å². The summed E-state index contributed by atoms with van der Waals surface area (Å²) < 4.78 is 1.59. The minimum absolute atomic E-state index is 0.182. The third-order valence-corrected chi connectivity index (χ3v) is 2.23. The van der Waals surface area contributed by atoms with Crippen LogP contribution in [0.4, 0.5) is 0 Å². The summed E-state index contributed by atoms with van der Waals surface area (Å²) >= 11 is 0. The number of hydrogen-bond acceptors (Lipinski definition) is 2. The Labute approximate surface area is 89.3 Å². The molecule has 3 heteroatoms. The molecule has 1 rings (SSSR count). The summed E-state index contributed by atoms with van der Waals surface area (Å²) in [7, 11) is 0. The first-order chi connectivity index (χ1) is 7.11. The Bertz CT molecular complexity index is 463. The fourth-order valence-electron chi connectivity index (χ4n) is 1.50. The van der Waals surface area contributed by atoms with Crippen molar-refractivity contribution in [2.45, 2.75) is 26.3 Å². The largest absolute Gasteiger partial charge is 0.307 e. The summed E-state index contributed by atoms with van der Waals surface area (Å²) in [6.07, 6.45) is 1.66. The van der Waals surface area contributed by atoms with E-state index in [9.17, 15) is 4.79 Å². The van der Waals surface area contributed by atoms with E-state index in [-0.39, 0.29) is 17.0 Å². The van der Waals surface area contributed by atoms with Crippen molar-refractivity contribution in [1.29, 1.82) is 5.26 Å². The quantitative estimate of drug-likeness (QED) is 0.704. The fourth-order valence-corrected chi connectivity index (χ4v) is 1.50. The normalized spacial score (nSPS) is 10.0. The van der Waals surface area contributed by atoms with Crippen LogP contribution in [0.2, 0.25) is 0 Å². The topological polar surface area (TPSA) is 45.8 Å². The van der Waals surface area contributed by atoms with Gasteiger partial charge in [-0.2, -0.15) is 5.26 Å². The molecule has 0 aromatic carbocycles. The third kappa shape index (κ3) is 2.16. The molecule has 0 aliphatic heterocycles. The lowest BCUT2D eigenvalue weighted by Crippen LogP contribution is -2.25. The molecule has 1 heterocycles. The monoisotopic (exact) mass is 202 g/mol. The molecule has 1 aromatic rings. The van der Waals surface area contributed by atoms with Gasteiger partial charge in [-0.1, -0.05) is 19.9 Å². The maximum absolute atomic E-state index is 11.8. The second kappa shape index (κ2) is 4.61. The van der Waals surface area contributed by atoms with Crippen molar-refractivity contribution < 1.29 is 0 Å². The van der Waals surface area contributed by atoms with Crippen LogP contribution >= 0.6 is 0 Å². The van der Waals surface area contributed by atoms with E-state index in [1.54, 1.807) is 16.7 Å². The third-order valence-electron chi connectivity index (χ3n) is 2.23. The lowest BCUT2D eigenvalue weighted by Gasteiger charge is -2.13. The number of nitrogens with zero attached hydrogens (tertiary/aromatic N) is 2. The molecule has 0 atom stereocenters. The smallest absolute Gasteiger partial charge is 0.268 e. The van der Waals surface area contributed by atoms with Crippen LogP contribution in [0.1, 0.15) is 31.0 Å². The van der Waals surface area contributed by atoms with Crippen LogP contribution in [0.3, 0.4) is 0 Å². The molecule has 0 spiro atoms. The molecule has 0 aliphatic rings. The summed E-state index contributed by atoms with van der Waals surface area (Å²) in [5, 5.41) is 8.75. The standard InChI is InChI=1S/C12H14N2O/c1-4-7-14-11(9(2)3)6-5-10(8-13)12(14)15/h4-6,9H,1,7H2,2-3H3. The minimum atomic E-state index is -0.233. The van der Waals surface area contributed by atoms with E-state index in [0.29, 0.717) is 6.54 Å². The van der Waals surface area contributed by atoms with E-state index < -0.39 is 0 Å². The molecule has 0 fully saturated rings. The van der Waals surface area contributed by atoms with Crippen molar-refractivity contribution in [2.24, 2.45) is 0 Å². The Hall–Kier alpha value is -1.82. The molecule has 0 aliphatic carbocycles. The molecule has 0 radical (unpaired) electrons. The van der Waals surface area contributed by atoms with E-state index in [0.717, 1.165) is 5.69 Å². The molecule has 3 nitrogen and oxygen atoms in total. The van der Waals surface area contributed by atoms with E-state index in [2.05, 4.69) is 6.58 Å². The second-order valence-electron chi connectivity index (χ2n) is 3.64. The summed E-state index contributed by atoms with van der Waals surface area (Å²) in [4.78, 5) is 11.8. The first kappa shape index (κ1) is 11.3. The number of nitriles is 1. The predicted octanol–water partition coefficient (Wildman–Crippen LogP) is 2.03. The van der Waals surface area contributed by atoms with Crippen molar-refractivity contribution in [2.75, 3.05) is 0 Å². The Morgan fingerprint density at radius 3 is 2.73 bits per heavy atom. The average Bonchev–Trinajstić information content (AvgIpc) is 2.20. The lowest BCUT2D eigenvalue weighted by molar-refractivity contribution is 0.667. The molecule has 0 N–H and O–H groups in total. The molecular weight excluding hydrogens is 188 g/mol. The Morgan fingerprint density at radius 2 is 2.27 bits per heavy atom. The molecule has 0 bridgehead atoms. The predicted molar refractivity (Wildman–Crippen MR) is 59.7 cm³/mol. The SMILES string of the molecule is C=CCn1c(C(C)C)ccc(C#N)c1=O. The van der Waals surface area contributed by atoms with Crippen LogP contribution in [0, 0.1) is 11.3 Å². The number of allylic oxidation sites excluding steroid dienone is 1. The Morgan fingerprint density at radius 1 is 1.60 bits per heavy atom. The fraction of sp³-hybridized carbons (Fsp3) is 0.333. The lowest BCUT2D eigenvalue weighted by atomic mass is 10.1. The number of rotatable bonds is 3. The first-order valence-corrected chi connectivity index (χ1v) is 4.86. The van der Waals surface area contributed by atoms with Gasteiger partial charge in [-0.3, -0.25) is 4.79 Å². The van der Waals surface area contributed by atoms with E-state index in [4.69, 9.17) is 5.26 Å². The van der Waals surface area contributed by atoms with Gasteiger partial charge in [0.25, 0.3) is 5.56 Å². The van der Waals surface area contributed by atoms with Gasteiger partial charge < -0.3 is 4.57 Å². The van der Waals surface area contributed by atoms with Crippen LogP contribution in [-0.2, 0) is 6.54 Å². The van der Waals surface area contributed by atoms with Gasteiger partial charge in [-0.05, 0) is 18.1 Å². The summed E-state index contributed by atoms with van der Waals surface area (Å²) in [5.41, 5.74) is 0.878. The highest BCUT2D eigenvalue weighted by Crippen LogP contribution is 2.12. The zero-order chi connectivity index (χ0) is 11.4. The second-order valence-corrected chi connectivity index (χ2v) is 3.64. The highest BCUT2D eigenvalue weighted by Gasteiger charge is 2.09. The zero-order valence-electron chi connectivity index (χ0n) is 9.03.